The largest absolute Gasteiger partial charge is 0.381 e. The van der Waals surface area contributed by atoms with Crippen LogP contribution in [0.4, 0.5) is 5.95 Å². The number of aromatic nitrogens is 2. The Hall–Kier alpha value is -1.16. The summed E-state index contributed by atoms with van der Waals surface area (Å²) in [5.41, 5.74) is 2.13. The lowest BCUT2D eigenvalue weighted by molar-refractivity contribution is 0.0594. The van der Waals surface area contributed by atoms with E-state index in [1.165, 1.54) is 6.42 Å². The second-order valence-electron chi connectivity index (χ2n) is 5.38. The number of nitrogens with one attached hydrogen (secondary N) is 1. The van der Waals surface area contributed by atoms with Gasteiger partial charge in [-0.15, -0.1) is 0 Å². The molecule has 0 aliphatic carbocycles. The first-order chi connectivity index (χ1) is 8.65. The molecule has 1 fully saturated rings. The Kier molecular flexibility index (Phi) is 4.53. The molecule has 100 valence electrons. The van der Waals surface area contributed by atoms with Crippen LogP contribution in [-0.4, -0.2) is 29.7 Å². The van der Waals surface area contributed by atoms with Crippen molar-refractivity contribution in [1.29, 1.82) is 0 Å². The van der Waals surface area contributed by atoms with Gasteiger partial charge in [0.1, 0.15) is 0 Å². The number of ether oxygens (including phenoxy) is 1. The first-order valence-electron chi connectivity index (χ1n) is 6.82. The van der Waals surface area contributed by atoms with Crippen molar-refractivity contribution < 1.29 is 4.74 Å². The number of nitrogens with zero attached hydrogens (tertiary/aromatic N) is 2. The monoisotopic (exact) mass is 249 g/mol. The van der Waals surface area contributed by atoms with E-state index in [-0.39, 0.29) is 0 Å². The highest BCUT2D eigenvalue weighted by atomic mass is 16.5. The van der Waals surface area contributed by atoms with E-state index in [1.54, 1.807) is 0 Å². The van der Waals surface area contributed by atoms with Gasteiger partial charge >= 0.3 is 0 Å². The highest BCUT2D eigenvalue weighted by Crippen LogP contribution is 2.16. The average Bonchev–Trinajstić information content (AvgIpc) is 2.37. The smallest absolute Gasteiger partial charge is 0.223 e. The maximum absolute atomic E-state index is 5.48. The number of hydrogen-bond acceptors (Lipinski definition) is 4. The molecule has 0 radical (unpaired) electrons. The van der Waals surface area contributed by atoms with E-state index < -0.39 is 0 Å². The second-order valence-corrected chi connectivity index (χ2v) is 5.38. The van der Waals surface area contributed by atoms with Gasteiger partial charge in [0.25, 0.3) is 0 Å². The third kappa shape index (κ3) is 3.67. The van der Waals surface area contributed by atoms with Gasteiger partial charge in [-0.2, -0.15) is 0 Å². The van der Waals surface area contributed by atoms with Gasteiger partial charge in [0, 0.05) is 24.5 Å². The third-order valence-corrected chi connectivity index (χ3v) is 3.27. The van der Waals surface area contributed by atoms with E-state index in [1.807, 2.05) is 6.92 Å². The van der Waals surface area contributed by atoms with Gasteiger partial charge < -0.3 is 10.1 Å². The van der Waals surface area contributed by atoms with Gasteiger partial charge in [-0.1, -0.05) is 13.8 Å². The highest BCUT2D eigenvalue weighted by molar-refractivity contribution is 5.29. The van der Waals surface area contributed by atoms with Crippen LogP contribution < -0.4 is 5.32 Å². The molecule has 1 unspecified atom stereocenters. The molecule has 1 N–H and O–H groups in total. The van der Waals surface area contributed by atoms with E-state index in [2.05, 4.69) is 35.2 Å². The SMILES string of the molecule is Cc1cc(C(C)C)nc(NCC2CCCOC2)n1. The molecule has 1 aliphatic heterocycles. The summed E-state index contributed by atoms with van der Waals surface area (Å²) in [5, 5.41) is 3.35. The van der Waals surface area contributed by atoms with E-state index in [4.69, 9.17) is 4.74 Å². The lowest BCUT2D eigenvalue weighted by Gasteiger charge is -2.22. The van der Waals surface area contributed by atoms with E-state index in [0.29, 0.717) is 11.8 Å². The quantitative estimate of drug-likeness (QED) is 0.891. The van der Waals surface area contributed by atoms with E-state index in [0.717, 1.165) is 43.5 Å². The fraction of sp³-hybridized carbons (Fsp3) is 0.714. The van der Waals surface area contributed by atoms with Gasteiger partial charge in [-0.25, -0.2) is 9.97 Å². The highest BCUT2D eigenvalue weighted by Gasteiger charge is 2.14. The Balaban J connectivity index is 1.95. The zero-order valence-corrected chi connectivity index (χ0v) is 11.6. The molecular weight excluding hydrogens is 226 g/mol. The molecule has 0 saturated carbocycles. The first kappa shape index (κ1) is 13.3. The summed E-state index contributed by atoms with van der Waals surface area (Å²) in [6.07, 6.45) is 2.40. The Morgan fingerprint density at radius 1 is 1.44 bits per heavy atom. The van der Waals surface area contributed by atoms with Gasteiger partial charge in [0.2, 0.25) is 5.95 Å². The third-order valence-electron chi connectivity index (χ3n) is 3.27. The van der Waals surface area contributed by atoms with Gasteiger partial charge in [0.05, 0.1) is 6.61 Å². The van der Waals surface area contributed by atoms with Crippen LogP contribution in [0, 0.1) is 12.8 Å². The molecule has 0 bridgehead atoms. The lowest BCUT2D eigenvalue weighted by Crippen LogP contribution is -2.25. The molecule has 1 aromatic heterocycles. The molecule has 0 spiro atoms. The molecule has 4 heteroatoms. The summed E-state index contributed by atoms with van der Waals surface area (Å²) in [6, 6.07) is 2.06. The summed E-state index contributed by atoms with van der Waals surface area (Å²) >= 11 is 0. The van der Waals surface area contributed by atoms with Crippen molar-refractivity contribution in [2.45, 2.75) is 39.5 Å². The van der Waals surface area contributed by atoms with Crippen molar-refractivity contribution >= 4 is 5.95 Å². The van der Waals surface area contributed by atoms with E-state index in [9.17, 15) is 0 Å². The maximum Gasteiger partial charge on any atom is 0.223 e. The number of anilines is 1. The minimum Gasteiger partial charge on any atom is -0.381 e. The van der Waals surface area contributed by atoms with E-state index >= 15 is 0 Å². The summed E-state index contributed by atoms with van der Waals surface area (Å²) in [7, 11) is 0. The Morgan fingerprint density at radius 2 is 2.28 bits per heavy atom. The fourth-order valence-electron chi connectivity index (χ4n) is 2.17. The molecule has 1 aliphatic rings. The zero-order valence-electron chi connectivity index (χ0n) is 11.6. The van der Waals surface area contributed by atoms with Crippen LogP contribution in [0.25, 0.3) is 0 Å². The van der Waals surface area contributed by atoms with Crippen LogP contribution in [0.3, 0.4) is 0 Å². The summed E-state index contributed by atoms with van der Waals surface area (Å²) in [6.45, 7) is 9.00. The molecule has 0 aromatic carbocycles. The molecule has 2 rings (SSSR count). The molecule has 1 saturated heterocycles. The van der Waals surface area contributed by atoms with Gasteiger partial charge in [-0.3, -0.25) is 0 Å². The topological polar surface area (TPSA) is 47.0 Å². The van der Waals surface area contributed by atoms with Crippen molar-refractivity contribution in [1.82, 2.24) is 9.97 Å². The standard InChI is InChI=1S/C14H23N3O/c1-10(2)13-7-11(3)16-14(17-13)15-8-12-5-4-6-18-9-12/h7,10,12H,4-6,8-9H2,1-3H3,(H,15,16,17). The Bertz CT molecular complexity index is 387. The molecule has 1 atom stereocenters. The number of hydrogen-bond donors (Lipinski definition) is 1. The molecular formula is C14H23N3O. The van der Waals surface area contributed by atoms with Gasteiger partial charge in [0.15, 0.2) is 0 Å². The van der Waals surface area contributed by atoms with Crippen molar-refractivity contribution in [2.75, 3.05) is 25.1 Å². The maximum atomic E-state index is 5.48. The van der Waals surface area contributed by atoms with Crippen molar-refractivity contribution in [3.8, 4) is 0 Å². The summed E-state index contributed by atoms with van der Waals surface area (Å²) < 4.78 is 5.48. The van der Waals surface area contributed by atoms with Crippen molar-refractivity contribution in [3.63, 3.8) is 0 Å². The first-order valence-corrected chi connectivity index (χ1v) is 6.82. The lowest BCUT2D eigenvalue weighted by atomic mass is 10.0. The number of aryl methyl sites for hydroxylation is 1. The second kappa shape index (κ2) is 6.14. The molecule has 0 amide bonds. The van der Waals surface area contributed by atoms with Crippen LogP contribution in [0.2, 0.25) is 0 Å². The predicted octanol–water partition coefficient (Wildman–Crippen LogP) is 2.75. The number of rotatable bonds is 4. The molecule has 2 heterocycles. The van der Waals surface area contributed by atoms with Crippen LogP contribution >= 0.6 is 0 Å². The molecule has 1 aromatic rings. The zero-order chi connectivity index (χ0) is 13.0. The Morgan fingerprint density at radius 3 is 2.94 bits per heavy atom. The molecule has 18 heavy (non-hydrogen) atoms. The molecule has 4 nitrogen and oxygen atoms in total. The van der Waals surface area contributed by atoms with Crippen LogP contribution in [0.15, 0.2) is 6.07 Å². The van der Waals surface area contributed by atoms with Crippen LogP contribution in [0.5, 0.6) is 0 Å². The minimum atomic E-state index is 0.435. The van der Waals surface area contributed by atoms with Crippen LogP contribution in [-0.2, 0) is 4.74 Å². The van der Waals surface area contributed by atoms with Crippen molar-refractivity contribution in [3.05, 3.63) is 17.5 Å². The van der Waals surface area contributed by atoms with Crippen molar-refractivity contribution in [2.24, 2.45) is 5.92 Å². The van der Waals surface area contributed by atoms with Crippen LogP contribution in [0.1, 0.15) is 44.0 Å². The average molecular weight is 249 g/mol. The summed E-state index contributed by atoms with van der Waals surface area (Å²) in [4.78, 5) is 8.99. The Labute approximate surface area is 109 Å². The fourth-order valence-corrected chi connectivity index (χ4v) is 2.17. The normalized spacial score (nSPS) is 20.1. The summed E-state index contributed by atoms with van der Waals surface area (Å²) in [5.74, 6) is 1.78. The minimum absolute atomic E-state index is 0.435. The van der Waals surface area contributed by atoms with Gasteiger partial charge in [-0.05, 0) is 37.7 Å². The predicted molar refractivity (Wildman–Crippen MR) is 72.9 cm³/mol.